The highest BCUT2D eigenvalue weighted by molar-refractivity contribution is 7.74. The lowest BCUT2D eigenvalue weighted by Crippen LogP contribution is -2.18. The van der Waals surface area contributed by atoms with Crippen molar-refractivity contribution in [3.63, 3.8) is 0 Å². The van der Waals surface area contributed by atoms with Crippen molar-refractivity contribution in [2.24, 2.45) is 0 Å². The van der Waals surface area contributed by atoms with Gasteiger partial charge in [0, 0.05) is 6.16 Å². The summed E-state index contributed by atoms with van der Waals surface area (Å²) in [7, 11) is -11.1. The highest BCUT2D eigenvalue weighted by atomic mass is 31.2. The van der Waals surface area contributed by atoms with Crippen LogP contribution in [0.25, 0.3) is 0 Å². The summed E-state index contributed by atoms with van der Waals surface area (Å²) in [5.41, 5.74) is 0. The first-order valence-electron chi connectivity index (χ1n) is 6.92. The van der Waals surface area contributed by atoms with E-state index in [1.807, 2.05) is 6.08 Å². The minimum Gasteiger partial charge on any atom is -0.340 e. The Morgan fingerprint density at radius 3 is 1.76 bits per heavy atom. The summed E-state index contributed by atoms with van der Waals surface area (Å²) < 4.78 is 48.3. The molecule has 0 bridgehead atoms. The molecule has 5 nitrogen and oxygen atoms in total. The average Bonchev–Trinajstić information content (AvgIpc) is 2.35. The fourth-order valence-corrected chi connectivity index (χ4v) is 4.69. The van der Waals surface area contributed by atoms with Crippen LogP contribution in [0.3, 0.4) is 0 Å². The summed E-state index contributed by atoms with van der Waals surface area (Å²) in [4.78, 5) is 26.1. The van der Waals surface area contributed by atoms with Gasteiger partial charge in [-0.25, -0.2) is 0 Å². The third kappa shape index (κ3) is 7.16. The second kappa shape index (κ2) is 9.16. The van der Waals surface area contributed by atoms with Gasteiger partial charge < -0.3 is 14.7 Å². The fourth-order valence-electron chi connectivity index (χ4n) is 1.84. The Bertz CT molecular complexity index is 408. The molecule has 0 aromatic rings. The molecule has 0 aromatic heterocycles. The molecule has 1 atom stereocenters. The molecule has 9 heteroatoms. The first-order valence-corrected chi connectivity index (χ1v) is 10.4. The van der Waals surface area contributed by atoms with Crippen molar-refractivity contribution >= 4 is 15.0 Å². The zero-order chi connectivity index (χ0) is 16.6. The normalized spacial score (nSPS) is 15.7. The van der Waals surface area contributed by atoms with Gasteiger partial charge in [0.05, 0.1) is 0 Å². The van der Waals surface area contributed by atoms with E-state index in [-0.39, 0.29) is 6.42 Å². The number of alkyl halides is 2. The highest BCUT2D eigenvalue weighted by Crippen LogP contribution is 2.72. The third-order valence-electron chi connectivity index (χ3n) is 3.14. The fraction of sp³-hybridized carbons (Fsp3) is 0.833. The van der Waals surface area contributed by atoms with Gasteiger partial charge >= 0.3 is 13.0 Å². The molecule has 126 valence electrons. The van der Waals surface area contributed by atoms with Crippen molar-refractivity contribution in [3.8, 4) is 0 Å². The lowest BCUT2D eigenvalue weighted by atomic mass is 10.1. The van der Waals surface area contributed by atoms with Gasteiger partial charge in [-0.05, 0) is 19.3 Å². The van der Waals surface area contributed by atoms with Crippen molar-refractivity contribution in [3.05, 3.63) is 12.7 Å². The van der Waals surface area contributed by atoms with Gasteiger partial charge in [-0.1, -0.05) is 38.2 Å². The number of halogens is 2. The first-order chi connectivity index (χ1) is 9.56. The SMILES string of the molecule is C=CCCCCCCCCCP(=O)(O)C(F)(F)P(=O)(O)O. The van der Waals surface area contributed by atoms with E-state index >= 15 is 0 Å². The Morgan fingerprint density at radius 2 is 1.33 bits per heavy atom. The average molecular weight is 348 g/mol. The summed E-state index contributed by atoms with van der Waals surface area (Å²) in [6.45, 7) is 3.61. The zero-order valence-electron chi connectivity index (χ0n) is 12.0. The topological polar surface area (TPSA) is 94.8 Å². The molecule has 0 amide bonds. The maximum atomic E-state index is 13.2. The van der Waals surface area contributed by atoms with E-state index in [2.05, 4.69) is 6.58 Å². The van der Waals surface area contributed by atoms with Gasteiger partial charge in [0.1, 0.15) is 0 Å². The predicted octanol–water partition coefficient (Wildman–Crippen LogP) is 4.29. The van der Waals surface area contributed by atoms with Crippen LogP contribution in [0, 0.1) is 0 Å². The standard InChI is InChI=1S/C12H24F2O5P2/c1-2-3-4-5-6-7-8-9-10-11-20(15,16)12(13,14)21(17,18)19/h2H,1,3-11H2,(H,15,16)(H2,17,18,19). The van der Waals surface area contributed by atoms with Crippen molar-refractivity contribution in [1.82, 2.24) is 0 Å². The summed E-state index contributed by atoms with van der Waals surface area (Å²) in [6.07, 6.45) is 7.34. The molecule has 0 aromatic carbocycles. The summed E-state index contributed by atoms with van der Waals surface area (Å²) in [6, 6.07) is 0. The molecule has 0 fully saturated rings. The van der Waals surface area contributed by atoms with Gasteiger partial charge in [0.2, 0.25) is 0 Å². The van der Waals surface area contributed by atoms with Gasteiger partial charge in [-0.3, -0.25) is 9.13 Å². The van der Waals surface area contributed by atoms with Crippen molar-refractivity contribution in [1.29, 1.82) is 0 Å². The first kappa shape index (κ1) is 20.9. The van der Waals surface area contributed by atoms with Crippen LogP contribution in [0.1, 0.15) is 51.4 Å². The molecule has 0 radical (unpaired) electrons. The molecule has 0 aliphatic heterocycles. The van der Waals surface area contributed by atoms with Crippen LogP contribution in [0.2, 0.25) is 0 Å². The predicted molar refractivity (Wildman–Crippen MR) is 78.8 cm³/mol. The van der Waals surface area contributed by atoms with Crippen molar-refractivity contribution in [2.75, 3.05) is 6.16 Å². The van der Waals surface area contributed by atoms with E-state index in [1.165, 1.54) is 0 Å². The molecule has 1 unspecified atom stereocenters. The molecular formula is C12H24F2O5P2. The Kier molecular flexibility index (Phi) is 9.14. The molecule has 0 heterocycles. The maximum Gasteiger partial charge on any atom is 0.417 e. The second-order valence-corrected chi connectivity index (χ2v) is 9.45. The van der Waals surface area contributed by atoms with Crippen LogP contribution >= 0.6 is 15.0 Å². The lowest BCUT2D eigenvalue weighted by molar-refractivity contribution is 0.124. The molecule has 0 spiro atoms. The number of allylic oxidation sites excluding steroid dienone is 1. The van der Waals surface area contributed by atoms with Crippen molar-refractivity contribution in [2.45, 2.75) is 56.8 Å². The highest BCUT2D eigenvalue weighted by Gasteiger charge is 2.62. The van der Waals surface area contributed by atoms with Crippen LogP contribution in [0.4, 0.5) is 8.78 Å². The quantitative estimate of drug-likeness (QED) is 0.278. The van der Waals surface area contributed by atoms with Gasteiger partial charge in [-0.15, -0.1) is 6.58 Å². The Morgan fingerprint density at radius 1 is 0.905 bits per heavy atom. The molecule has 0 saturated carbocycles. The summed E-state index contributed by atoms with van der Waals surface area (Å²) >= 11 is 0. The smallest absolute Gasteiger partial charge is 0.340 e. The van der Waals surface area contributed by atoms with Crippen LogP contribution < -0.4 is 0 Å². The molecular weight excluding hydrogens is 324 g/mol. The van der Waals surface area contributed by atoms with Gasteiger partial charge in [0.25, 0.3) is 7.37 Å². The second-order valence-electron chi connectivity index (χ2n) is 5.03. The molecule has 0 rings (SSSR count). The number of unbranched alkanes of at least 4 members (excludes halogenated alkanes) is 7. The largest absolute Gasteiger partial charge is 0.417 e. The minimum absolute atomic E-state index is 0.0516. The maximum absolute atomic E-state index is 13.2. The summed E-state index contributed by atoms with van der Waals surface area (Å²) in [5.74, 6) is 0. The zero-order valence-corrected chi connectivity index (χ0v) is 13.7. The van der Waals surface area contributed by atoms with E-state index in [4.69, 9.17) is 9.79 Å². The number of rotatable bonds is 12. The number of hydrogen-bond donors (Lipinski definition) is 3. The van der Waals surface area contributed by atoms with Crippen LogP contribution in [0.15, 0.2) is 12.7 Å². The Hall–Kier alpha value is -0.0600. The Labute approximate surface area is 124 Å². The summed E-state index contributed by atoms with van der Waals surface area (Å²) in [5, 5.41) is -4.86. The molecule has 0 aliphatic rings. The molecule has 0 saturated heterocycles. The Balaban J connectivity index is 3.94. The molecule has 21 heavy (non-hydrogen) atoms. The van der Waals surface area contributed by atoms with Crippen LogP contribution in [-0.4, -0.2) is 26.2 Å². The van der Waals surface area contributed by atoms with Crippen molar-refractivity contribution < 1.29 is 32.6 Å². The van der Waals surface area contributed by atoms with Crippen LogP contribution in [0.5, 0.6) is 0 Å². The minimum atomic E-state index is -5.92. The van der Waals surface area contributed by atoms with Gasteiger partial charge in [0.15, 0.2) is 0 Å². The molecule has 0 aliphatic carbocycles. The van der Waals surface area contributed by atoms with Gasteiger partial charge in [-0.2, -0.15) is 8.78 Å². The van der Waals surface area contributed by atoms with Crippen LogP contribution in [-0.2, 0) is 9.13 Å². The van der Waals surface area contributed by atoms with E-state index < -0.39 is 26.5 Å². The molecule has 3 N–H and O–H groups in total. The lowest BCUT2D eigenvalue weighted by Gasteiger charge is -2.22. The monoisotopic (exact) mass is 348 g/mol. The van der Waals surface area contributed by atoms with E-state index in [0.717, 1.165) is 38.5 Å². The van der Waals surface area contributed by atoms with E-state index in [9.17, 15) is 22.8 Å². The number of hydrogen-bond acceptors (Lipinski definition) is 2. The van der Waals surface area contributed by atoms with E-state index in [1.54, 1.807) is 0 Å². The van der Waals surface area contributed by atoms with E-state index in [0.29, 0.717) is 6.42 Å². The third-order valence-corrected chi connectivity index (χ3v) is 7.32.